The summed E-state index contributed by atoms with van der Waals surface area (Å²) in [6.07, 6.45) is 3.53. The lowest BCUT2D eigenvalue weighted by atomic mass is 10.2. The first-order valence-corrected chi connectivity index (χ1v) is 11.1. The third kappa shape index (κ3) is 5.08. The fraction of sp³-hybridized carbons (Fsp3) is 0.391. The first kappa shape index (κ1) is 22.0. The maximum atomic E-state index is 13.1. The summed E-state index contributed by atoms with van der Waals surface area (Å²) in [6.45, 7) is 10.8. The minimum atomic E-state index is -0.268. The average Bonchev–Trinajstić information content (AvgIpc) is 3.11. The summed E-state index contributed by atoms with van der Waals surface area (Å²) in [4.78, 5) is 19.3. The molecule has 2 heterocycles. The summed E-state index contributed by atoms with van der Waals surface area (Å²) in [6, 6.07) is 14.4. The van der Waals surface area contributed by atoms with Gasteiger partial charge in [0, 0.05) is 30.0 Å². The Labute approximate surface area is 182 Å². The van der Waals surface area contributed by atoms with Crippen molar-refractivity contribution in [2.75, 3.05) is 0 Å². The summed E-state index contributed by atoms with van der Waals surface area (Å²) < 4.78 is 2.07. The van der Waals surface area contributed by atoms with Crippen LogP contribution in [0.4, 0.5) is 0 Å². The highest BCUT2D eigenvalue weighted by atomic mass is 32.2. The highest BCUT2D eigenvalue weighted by molar-refractivity contribution is 8.00. The van der Waals surface area contributed by atoms with Gasteiger partial charge in [0.05, 0.1) is 11.8 Å². The van der Waals surface area contributed by atoms with E-state index in [1.165, 1.54) is 11.8 Å². The van der Waals surface area contributed by atoms with Crippen LogP contribution in [0.2, 0.25) is 0 Å². The molecule has 0 aliphatic heterocycles. The molecule has 30 heavy (non-hydrogen) atoms. The van der Waals surface area contributed by atoms with Crippen LogP contribution in [0.15, 0.2) is 60.0 Å². The van der Waals surface area contributed by atoms with Gasteiger partial charge in [-0.25, -0.2) is 0 Å². The normalized spacial score (nSPS) is 12.4. The van der Waals surface area contributed by atoms with Crippen LogP contribution < -0.4 is 0 Å². The van der Waals surface area contributed by atoms with Crippen molar-refractivity contribution >= 4 is 17.7 Å². The lowest BCUT2D eigenvalue weighted by Crippen LogP contribution is -2.45. The fourth-order valence-electron chi connectivity index (χ4n) is 3.52. The average molecular weight is 424 g/mol. The van der Waals surface area contributed by atoms with Crippen molar-refractivity contribution < 1.29 is 4.79 Å². The molecule has 2 aromatic heterocycles. The fourth-order valence-corrected chi connectivity index (χ4v) is 4.42. The Balaban J connectivity index is 1.92. The molecular weight excluding hydrogens is 394 g/mol. The number of carbonyl (C=O) groups is 1. The van der Waals surface area contributed by atoms with Gasteiger partial charge in [-0.2, -0.15) is 0 Å². The van der Waals surface area contributed by atoms with Gasteiger partial charge in [0.1, 0.15) is 0 Å². The highest BCUT2D eigenvalue weighted by Gasteiger charge is 2.28. The second-order valence-electron chi connectivity index (χ2n) is 7.81. The molecule has 0 spiro atoms. The van der Waals surface area contributed by atoms with Gasteiger partial charge in [-0.15, -0.1) is 10.2 Å². The van der Waals surface area contributed by atoms with Crippen LogP contribution in [0, 0.1) is 0 Å². The van der Waals surface area contributed by atoms with Crippen molar-refractivity contribution in [1.82, 2.24) is 24.6 Å². The van der Waals surface area contributed by atoms with Crippen LogP contribution in [-0.2, 0) is 11.3 Å². The van der Waals surface area contributed by atoms with Gasteiger partial charge in [0.25, 0.3) is 0 Å². The van der Waals surface area contributed by atoms with Crippen LogP contribution in [0.3, 0.4) is 0 Å². The van der Waals surface area contributed by atoms with E-state index in [1.54, 1.807) is 12.4 Å². The predicted octanol–water partition coefficient (Wildman–Crippen LogP) is 4.51. The SMILES string of the molecule is CC(C)N(C(=O)[C@@H](C)Sc1nnc(-c2cccnc2)n1Cc1ccccc1)C(C)C. The Kier molecular flexibility index (Phi) is 7.26. The predicted molar refractivity (Wildman–Crippen MR) is 121 cm³/mol. The number of benzene rings is 1. The molecule has 1 amide bonds. The van der Waals surface area contributed by atoms with E-state index in [-0.39, 0.29) is 23.2 Å². The quantitative estimate of drug-likeness (QED) is 0.499. The van der Waals surface area contributed by atoms with Gasteiger partial charge < -0.3 is 4.90 Å². The number of rotatable bonds is 8. The van der Waals surface area contributed by atoms with Crippen molar-refractivity contribution in [3.05, 3.63) is 60.4 Å². The Bertz CT molecular complexity index is 948. The molecule has 0 radical (unpaired) electrons. The topological polar surface area (TPSA) is 63.9 Å². The van der Waals surface area contributed by atoms with E-state index < -0.39 is 0 Å². The summed E-state index contributed by atoms with van der Waals surface area (Å²) in [5.74, 6) is 0.862. The van der Waals surface area contributed by atoms with Crippen LogP contribution in [0.25, 0.3) is 11.4 Å². The monoisotopic (exact) mass is 423 g/mol. The number of amides is 1. The molecule has 0 N–H and O–H groups in total. The van der Waals surface area contributed by atoms with E-state index >= 15 is 0 Å². The van der Waals surface area contributed by atoms with Gasteiger partial charge in [-0.1, -0.05) is 42.1 Å². The van der Waals surface area contributed by atoms with Crippen molar-refractivity contribution in [3.63, 3.8) is 0 Å². The standard InChI is InChI=1S/C23H29N5OS/c1-16(2)28(17(3)4)22(29)18(5)30-23-26-25-21(20-12-9-13-24-14-20)27(23)15-19-10-7-6-8-11-19/h6-14,16-18H,15H2,1-5H3/t18-/m1/s1. The van der Waals surface area contributed by atoms with Crippen LogP contribution in [-0.4, -0.2) is 47.9 Å². The number of pyridine rings is 1. The molecule has 1 aromatic carbocycles. The number of thioether (sulfide) groups is 1. The molecule has 0 aliphatic carbocycles. The largest absolute Gasteiger partial charge is 0.337 e. The summed E-state index contributed by atoms with van der Waals surface area (Å²) in [5.41, 5.74) is 2.05. The van der Waals surface area contributed by atoms with Crippen LogP contribution in [0.5, 0.6) is 0 Å². The molecule has 0 saturated carbocycles. The van der Waals surface area contributed by atoms with E-state index in [0.29, 0.717) is 6.54 Å². The molecule has 0 aliphatic rings. The van der Waals surface area contributed by atoms with Gasteiger partial charge in [-0.3, -0.25) is 14.3 Å². The maximum absolute atomic E-state index is 13.1. The first-order chi connectivity index (χ1) is 14.4. The second-order valence-corrected chi connectivity index (χ2v) is 9.12. The van der Waals surface area contributed by atoms with Gasteiger partial charge in [-0.05, 0) is 52.3 Å². The maximum Gasteiger partial charge on any atom is 0.236 e. The van der Waals surface area contributed by atoms with Crippen molar-refractivity contribution in [2.45, 2.75) is 63.7 Å². The molecule has 1 atom stereocenters. The Morgan fingerprint density at radius 3 is 2.30 bits per heavy atom. The highest BCUT2D eigenvalue weighted by Crippen LogP contribution is 2.29. The van der Waals surface area contributed by atoms with Gasteiger partial charge in [0.2, 0.25) is 5.91 Å². The zero-order valence-electron chi connectivity index (χ0n) is 18.2. The summed E-state index contributed by atoms with van der Waals surface area (Å²) in [5, 5.41) is 9.33. The lowest BCUT2D eigenvalue weighted by Gasteiger charge is -2.32. The minimum absolute atomic E-state index is 0.113. The number of carbonyl (C=O) groups excluding carboxylic acids is 1. The Morgan fingerprint density at radius 2 is 1.70 bits per heavy atom. The third-order valence-electron chi connectivity index (χ3n) is 4.82. The van der Waals surface area contributed by atoms with Crippen molar-refractivity contribution in [1.29, 1.82) is 0 Å². The minimum Gasteiger partial charge on any atom is -0.337 e. The van der Waals surface area contributed by atoms with Crippen molar-refractivity contribution in [2.24, 2.45) is 0 Å². The van der Waals surface area contributed by atoms with E-state index in [9.17, 15) is 4.79 Å². The van der Waals surface area contributed by atoms with E-state index in [0.717, 1.165) is 22.1 Å². The molecular formula is C23H29N5OS. The van der Waals surface area contributed by atoms with Gasteiger partial charge in [0.15, 0.2) is 11.0 Å². The molecule has 6 nitrogen and oxygen atoms in total. The summed E-state index contributed by atoms with van der Waals surface area (Å²) in [7, 11) is 0. The Morgan fingerprint density at radius 1 is 1.00 bits per heavy atom. The summed E-state index contributed by atoms with van der Waals surface area (Å²) >= 11 is 1.45. The molecule has 0 unspecified atom stereocenters. The molecule has 0 fully saturated rings. The zero-order valence-corrected chi connectivity index (χ0v) is 19.0. The number of hydrogen-bond acceptors (Lipinski definition) is 5. The van der Waals surface area contributed by atoms with Crippen molar-refractivity contribution in [3.8, 4) is 11.4 Å². The molecule has 3 rings (SSSR count). The second kappa shape index (κ2) is 9.89. The van der Waals surface area contributed by atoms with E-state index in [4.69, 9.17) is 0 Å². The molecule has 0 saturated heterocycles. The Hall–Kier alpha value is -2.67. The third-order valence-corrected chi connectivity index (χ3v) is 5.89. The van der Waals surface area contributed by atoms with Gasteiger partial charge >= 0.3 is 0 Å². The molecule has 3 aromatic rings. The lowest BCUT2D eigenvalue weighted by molar-refractivity contribution is -0.133. The first-order valence-electron chi connectivity index (χ1n) is 10.2. The smallest absolute Gasteiger partial charge is 0.236 e. The zero-order chi connectivity index (χ0) is 21.7. The van der Waals surface area contributed by atoms with Crippen LogP contribution in [0.1, 0.15) is 40.2 Å². The molecule has 158 valence electrons. The van der Waals surface area contributed by atoms with E-state index in [1.807, 2.05) is 69.9 Å². The molecule has 7 heteroatoms. The number of hydrogen-bond donors (Lipinski definition) is 0. The van der Waals surface area contributed by atoms with Crippen LogP contribution >= 0.6 is 11.8 Å². The molecule has 0 bridgehead atoms. The number of aromatic nitrogens is 4. The van der Waals surface area contributed by atoms with E-state index in [2.05, 4.69) is 31.9 Å². The number of nitrogens with zero attached hydrogens (tertiary/aromatic N) is 5.